The number of aromatic nitrogens is 1. The van der Waals surface area contributed by atoms with Gasteiger partial charge in [-0.15, -0.1) is 0 Å². The zero-order valence-electron chi connectivity index (χ0n) is 14.8. The highest BCUT2D eigenvalue weighted by molar-refractivity contribution is 6.30. The van der Waals surface area contributed by atoms with Gasteiger partial charge in [0.25, 0.3) is 0 Å². The number of carbonyl (C=O) groups is 2. The lowest BCUT2D eigenvalue weighted by Gasteiger charge is -2.16. The van der Waals surface area contributed by atoms with Crippen molar-refractivity contribution >= 4 is 23.2 Å². The predicted octanol–water partition coefficient (Wildman–Crippen LogP) is 4.70. The Morgan fingerprint density at radius 3 is 2.54 bits per heavy atom. The van der Waals surface area contributed by atoms with Crippen molar-refractivity contribution in [2.24, 2.45) is 0 Å². The topological polar surface area (TPSA) is 65.5 Å². The van der Waals surface area contributed by atoms with Crippen molar-refractivity contribution in [2.75, 3.05) is 6.79 Å². The molecule has 0 spiro atoms. The van der Waals surface area contributed by atoms with Crippen LogP contribution in [0.25, 0.3) is 0 Å². The normalized spacial score (nSPS) is 13.2. The van der Waals surface area contributed by atoms with E-state index in [1.165, 1.54) is 6.20 Å². The highest BCUT2D eigenvalue weighted by atomic mass is 35.5. The Labute approximate surface area is 166 Å². The fraction of sp³-hybridized carbons (Fsp3) is 0.136. The number of carbonyl (C=O) groups excluding carboxylic acids is 2. The van der Waals surface area contributed by atoms with Crippen LogP contribution < -0.4 is 9.47 Å². The standard InChI is InChI=1S/C22H16ClNO4/c23-17-6-3-14(4-7-17)19(25)11-18(22(26)16-2-1-9-24-12-16)15-5-8-20-21(10-15)28-13-27-20/h1-10,12,18H,11,13H2/t18-/m1/s1. The van der Waals surface area contributed by atoms with Gasteiger partial charge in [0.2, 0.25) is 6.79 Å². The molecule has 0 amide bonds. The van der Waals surface area contributed by atoms with E-state index in [1.807, 2.05) is 0 Å². The van der Waals surface area contributed by atoms with Crippen molar-refractivity contribution in [1.29, 1.82) is 0 Å². The quantitative estimate of drug-likeness (QED) is 0.568. The molecule has 0 N–H and O–H groups in total. The Kier molecular flexibility index (Phi) is 5.08. The van der Waals surface area contributed by atoms with Gasteiger partial charge in [-0.3, -0.25) is 14.6 Å². The SMILES string of the molecule is O=C(C[C@@H](C(=O)c1cccnc1)c1ccc2c(c1)OCO2)c1ccc(Cl)cc1. The van der Waals surface area contributed by atoms with Crippen LogP contribution in [0.2, 0.25) is 5.02 Å². The van der Waals surface area contributed by atoms with Gasteiger partial charge >= 0.3 is 0 Å². The van der Waals surface area contributed by atoms with Crippen LogP contribution in [0.5, 0.6) is 11.5 Å². The van der Waals surface area contributed by atoms with Crippen LogP contribution in [-0.4, -0.2) is 23.3 Å². The first kappa shape index (κ1) is 18.2. The van der Waals surface area contributed by atoms with Gasteiger partial charge in [-0.2, -0.15) is 0 Å². The molecule has 2 heterocycles. The van der Waals surface area contributed by atoms with Gasteiger partial charge in [-0.1, -0.05) is 17.7 Å². The predicted molar refractivity (Wildman–Crippen MR) is 104 cm³/mol. The minimum Gasteiger partial charge on any atom is -0.454 e. The second-order valence-corrected chi connectivity index (χ2v) is 6.84. The molecule has 6 heteroatoms. The molecule has 1 aromatic heterocycles. The summed E-state index contributed by atoms with van der Waals surface area (Å²) in [7, 11) is 0. The minimum absolute atomic E-state index is 0.0228. The maximum atomic E-state index is 13.2. The third-order valence-corrected chi connectivity index (χ3v) is 4.87. The third-order valence-electron chi connectivity index (χ3n) is 4.62. The summed E-state index contributed by atoms with van der Waals surface area (Å²) >= 11 is 5.90. The molecule has 0 bridgehead atoms. The molecule has 0 fully saturated rings. The molecule has 1 aliphatic heterocycles. The Bertz CT molecular complexity index is 1020. The number of hydrogen-bond donors (Lipinski definition) is 0. The molecule has 2 aromatic carbocycles. The molecular weight excluding hydrogens is 378 g/mol. The summed E-state index contributed by atoms with van der Waals surface area (Å²) in [5, 5.41) is 0.551. The molecule has 1 aliphatic rings. The zero-order chi connectivity index (χ0) is 19.5. The molecule has 140 valence electrons. The molecule has 0 saturated heterocycles. The summed E-state index contributed by atoms with van der Waals surface area (Å²) in [4.78, 5) is 30.0. The first-order valence-corrected chi connectivity index (χ1v) is 9.12. The maximum absolute atomic E-state index is 13.2. The van der Waals surface area contributed by atoms with Gasteiger partial charge in [0.1, 0.15) is 0 Å². The number of nitrogens with zero attached hydrogens (tertiary/aromatic N) is 1. The van der Waals surface area contributed by atoms with E-state index in [9.17, 15) is 9.59 Å². The minimum atomic E-state index is -0.665. The smallest absolute Gasteiger partial charge is 0.231 e. The van der Waals surface area contributed by atoms with E-state index in [-0.39, 0.29) is 24.8 Å². The van der Waals surface area contributed by atoms with Crippen LogP contribution in [0, 0.1) is 0 Å². The van der Waals surface area contributed by atoms with Crippen LogP contribution in [-0.2, 0) is 0 Å². The summed E-state index contributed by atoms with van der Waals surface area (Å²) in [5.74, 6) is 0.216. The highest BCUT2D eigenvalue weighted by Gasteiger charge is 2.27. The zero-order valence-corrected chi connectivity index (χ0v) is 15.6. The number of pyridine rings is 1. The highest BCUT2D eigenvalue weighted by Crippen LogP contribution is 2.36. The Hall–Kier alpha value is -3.18. The molecule has 4 rings (SSSR count). The number of halogens is 1. The molecule has 0 saturated carbocycles. The van der Waals surface area contributed by atoms with E-state index in [2.05, 4.69) is 4.98 Å². The second-order valence-electron chi connectivity index (χ2n) is 6.41. The van der Waals surface area contributed by atoms with Crippen molar-refractivity contribution in [3.05, 3.63) is 88.7 Å². The number of Topliss-reactive ketones (excluding diaryl/α,β-unsaturated/α-hetero) is 2. The lowest BCUT2D eigenvalue weighted by atomic mass is 9.85. The van der Waals surface area contributed by atoms with Gasteiger partial charge < -0.3 is 9.47 Å². The van der Waals surface area contributed by atoms with Crippen LogP contribution in [0.1, 0.15) is 38.6 Å². The van der Waals surface area contributed by atoms with E-state index >= 15 is 0 Å². The van der Waals surface area contributed by atoms with Crippen LogP contribution >= 0.6 is 11.6 Å². The van der Waals surface area contributed by atoms with Crippen molar-refractivity contribution < 1.29 is 19.1 Å². The number of rotatable bonds is 6. The number of hydrogen-bond acceptors (Lipinski definition) is 5. The summed E-state index contributed by atoms with van der Waals surface area (Å²) in [6.07, 6.45) is 3.13. The van der Waals surface area contributed by atoms with Crippen LogP contribution in [0.3, 0.4) is 0 Å². The lowest BCUT2D eigenvalue weighted by molar-refractivity contribution is 0.0893. The molecule has 5 nitrogen and oxygen atoms in total. The monoisotopic (exact) mass is 393 g/mol. The van der Waals surface area contributed by atoms with Gasteiger partial charge in [-0.05, 0) is 54.1 Å². The summed E-state index contributed by atoms with van der Waals surface area (Å²) in [6.45, 7) is 0.143. The van der Waals surface area contributed by atoms with Gasteiger partial charge in [0.15, 0.2) is 23.1 Å². The van der Waals surface area contributed by atoms with Crippen molar-refractivity contribution in [1.82, 2.24) is 4.98 Å². The fourth-order valence-corrected chi connectivity index (χ4v) is 3.27. The molecule has 28 heavy (non-hydrogen) atoms. The molecule has 3 aromatic rings. The molecular formula is C22H16ClNO4. The fourth-order valence-electron chi connectivity index (χ4n) is 3.14. The number of ketones is 2. The van der Waals surface area contributed by atoms with Crippen molar-refractivity contribution in [3.63, 3.8) is 0 Å². The average molecular weight is 394 g/mol. The Morgan fingerprint density at radius 2 is 1.79 bits per heavy atom. The molecule has 0 aliphatic carbocycles. The average Bonchev–Trinajstić information content (AvgIpc) is 3.20. The van der Waals surface area contributed by atoms with Crippen molar-refractivity contribution in [3.8, 4) is 11.5 Å². The summed E-state index contributed by atoms with van der Waals surface area (Å²) in [6, 6.07) is 15.4. The Morgan fingerprint density at radius 1 is 1.00 bits per heavy atom. The van der Waals surface area contributed by atoms with E-state index in [4.69, 9.17) is 21.1 Å². The van der Waals surface area contributed by atoms with E-state index in [0.29, 0.717) is 33.2 Å². The second kappa shape index (κ2) is 7.82. The number of ether oxygens (including phenoxy) is 2. The maximum Gasteiger partial charge on any atom is 0.231 e. The summed E-state index contributed by atoms with van der Waals surface area (Å²) in [5.41, 5.74) is 1.66. The van der Waals surface area contributed by atoms with E-state index in [1.54, 1.807) is 60.8 Å². The third kappa shape index (κ3) is 3.75. The van der Waals surface area contributed by atoms with Gasteiger partial charge in [0, 0.05) is 35.0 Å². The van der Waals surface area contributed by atoms with Crippen molar-refractivity contribution in [2.45, 2.75) is 12.3 Å². The van der Waals surface area contributed by atoms with Crippen LogP contribution in [0.15, 0.2) is 67.0 Å². The van der Waals surface area contributed by atoms with E-state index in [0.717, 1.165) is 0 Å². The largest absolute Gasteiger partial charge is 0.454 e. The van der Waals surface area contributed by atoms with E-state index < -0.39 is 5.92 Å². The lowest BCUT2D eigenvalue weighted by Crippen LogP contribution is -2.17. The first-order valence-electron chi connectivity index (χ1n) is 8.74. The molecule has 0 radical (unpaired) electrons. The van der Waals surface area contributed by atoms with Gasteiger partial charge in [0.05, 0.1) is 5.92 Å². The summed E-state index contributed by atoms with van der Waals surface area (Å²) < 4.78 is 10.8. The first-order chi connectivity index (χ1) is 13.6. The molecule has 0 unspecified atom stereocenters. The number of benzene rings is 2. The number of fused-ring (bicyclic) bond motifs is 1. The Balaban J connectivity index is 1.68. The van der Waals surface area contributed by atoms with Gasteiger partial charge in [-0.25, -0.2) is 0 Å². The molecule has 1 atom stereocenters. The van der Waals surface area contributed by atoms with Crippen LogP contribution in [0.4, 0.5) is 0 Å².